The molecule has 0 amide bonds. The molecule has 1 aliphatic rings. The average Bonchev–Trinajstić information content (AvgIpc) is 2.50. The first kappa shape index (κ1) is 16.8. The van der Waals surface area contributed by atoms with E-state index in [1.54, 1.807) is 13.0 Å². The quantitative estimate of drug-likeness (QED) is 0.623. The molecule has 0 radical (unpaired) electrons. The second-order valence-corrected chi connectivity index (χ2v) is 6.50. The van der Waals surface area contributed by atoms with Gasteiger partial charge in [0.05, 0.1) is 11.1 Å². The number of phenols is 3. The highest BCUT2D eigenvalue weighted by atomic mass is 16.3. The van der Waals surface area contributed by atoms with E-state index in [0.29, 0.717) is 5.56 Å². The second kappa shape index (κ2) is 5.77. The molecule has 0 atom stereocenters. The number of aromatic hydroxyl groups is 3. The fourth-order valence-corrected chi connectivity index (χ4v) is 3.07. The minimum absolute atomic E-state index is 0.0570. The Hall–Kier alpha value is -3.08. The predicted octanol–water partition coefficient (Wildman–Crippen LogP) is 3.40. The Morgan fingerprint density at radius 2 is 1.56 bits per heavy atom. The van der Waals surface area contributed by atoms with E-state index in [-0.39, 0.29) is 45.7 Å². The Kier molecular flexibility index (Phi) is 3.87. The van der Waals surface area contributed by atoms with E-state index in [9.17, 15) is 24.9 Å². The molecule has 0 spiro atoms. The van der Waals surface area contributed by atoms with Gasteiger partial charge < -0.3 is 15.3 Å². The minimum atomic E-state index is -0.627. The zero-order valence-corrected chi connectivity index (χ0v) is 14.2. The lowest BCUT2D eigenvalue weighted by molar-refractivity contribution is 0.0973. The highest BCUT2D eigenvalue weighted by Gasteiger charge is 2.36. The van der Waals surface area contributed by atoms with Crippen LogP contribution in [0.4, 0.5) is 0 Å². The number of carbonyl (C=O) groups excluding carboxylic acids is 2. The van der Waals surface area contributed by atoms with Crippen LogP contribution < -0.4 is 0 Å². The first-order valence-electron chi connectivity index (χ1n) is 7.86. The number of rotatable bonds is 2. The number of hydrogen-bond acceptors (Lipinski definition) is 5. The van der Waals surface area contributed by atoms with E-state index in [1.807, 2.05) is 13.8 Å². The fourth-order valence-electron chi connectivity index (χ4n) is 3.07. The summed E-state index contributed by atoms with van der Waals surface area (Å²) in [5.41, 5.74) is 1.52. The number of benzene rings is 2. The number of phenolic OH excluding ortho intramolecular Hbond substituents is 3. The van der Waals surface area contributed by atoms with Gasteiger partial charge in [-0.1, -0.05) is 11.6 Å². The number of ketones is 2. The Labute approximate surface area is 144 Å². The van der Waals surface area contributed by atoms with Gasteiger partial charge in [-0.05, 0) is 51.0 Å². The van der Waals surface area contributed by atoms with Crippen molar-refractivity contribution in [3.8, 4) is 17.2 Å². The maximum Gasteiger partial charge on any atom is 0.201 e. The normalized spacial score (nSPS) is 12.6. The third kappa shape index (κ3) is 2.58. The van der Waals surface area contributed by atoms with E-state index in [2.05, 4.69) is 0 Å². The van der Waals surface area contributed by atoms with Gasteiger partial charge in [0.2, 0.25) is 5.78 Å². The van der Waals surface area contributed by atoms with Crippen LogP contribution >= 0.6 is 0 Å². The zero-order chi connectivity index (χ0) is 18.5. The Balaban J connectivity index is 2.27. The summed E-state index contributed by atoms with van der Waals surface area (Å²) < 4.78 is 0. The monoisotopic (exact) mass is 338 g/mol. The van der Waals surface area contributed by atoms with E-state index in [4.69, 9.17) is 0 Å². The van der Waals surface area contributed by atoms with Crippen LogP contribution in [0.15, 0.2) is 29.8 Å². The van der Waals surface area contributed by atoms with Crippen molar-refractivity contribution in [2.75, 3.05) is 0 Å². The van der Waals surface area contributed by atoms with Crippen molar-refractivity contribution in [1.82, 2.24) is 0 Å². The molecule has 0 unspecified atom stereocenters. The van der Waals surface area contributed by atoms with Crippen molar-refractivity contribution < 1.29 is 24.9 Å². The molecule has 2 aromatic rings. The van der Waals surface area contributed by atoms with Gasteiger partial charge >= 0.3 is 0 Å². The van der Waals surface area contributed by atoms with E-state index in [0.717, 1.165) is 5.57 Å². The highest BCUT2D eigenvalue weighted by molar-refractivity contribution is 6.30. The number of fused-ring (bicyclic) bond motifs is 2. The summed E-state index contributed by atoms with van der Waals surface area (Å²) >= 11 is 0. The zero-order valence-electron chi connectivity index (χ0n) is 14.2. The molecule has 1 aliphatic carbocycles. The van der Waals surface area contributed by atoms with Crippen LogP contribution in [0.2, 0.25) is 0 Å². The van der Waals surface area contributed by atoms with Gasteiger partial charge in [0.15, 0.2) is 5.78 Å². The first-order chi connectivity index (χ1) is 11.7. The van der Waals surface area contributed by atoms with Gasteiger partial charge in [0, 0.05) is 16.7 Å². The van der Waals surface area contributed by atoms with Crippen LogP contribution in [0.25, 0.3) is 0 Å². The lowest BCUT2D eigenvalue weighted by Crippen LogP contribution is -2.22. The Bertz CT molecular complexity index is 963. The molecule has 0 aromatic heterocycles. The molecule has 0 heterocycles. The van der Waals surface area contributed by atoms with Crippen LogP contribution in [0.5, 0.6) is 17.2 Å². The van der Waals surface area contributed by atoms with Crippen LogP contribution in [-0.2, 0) is 6.42 Å². The molecule has 2 aromatic carbocycles. The molecule has 128 valence electrons. The summed E-state index contributed by atoms with van der Waals surface area (Å²) in [5.74, 6) is -2.09. The van der Waals surface area contributed by atoms with Crippen LogP contribution in [-0.4, -0.2) is 26.9 Å². The van der Waals surface area contributed by atoms with Gasteiger partial charge in [-0.15, -0.1) is 0 Å². The summed E-state index contributed by atoms with van der Waals surface area (Å²) in [6.07, 6.45) is 2.02. The van der Waals surface area contributed by atoms with E-state index in [1.165, 1.54) is 18.2 Å². The SMILES string of the molecule is CC(C)=CCc1c(O)cc2c(c1O)C(=O)c1c(O)cc(C)cc1C2=O. The molecule has 5 heteroatoms. The molecule has 0 aliphatic heterocycles. The van der Waals surface area contributed by atoms with Crippen molar-refractivity contribution in [1.29, 1.82) is 0 Å². The Morgan fingerprint density at radius 1 is 0.920 bits per heavy atom. The van der Waals surface area contributed by atoms with Crippen molar-refractivity contribution in [3.63, 3.8) is 0 Å². The Morgan fingerprint density at radius 3 is 2.20 bits per heavy atom. The maximum absolute atomic E-state index is 12.8. The lowest BCUT2D eigenvalue weighted by atomic mass is 9.81. The third-order valence-electron chi connectivity index (χ3n) is 4.30. The first-order valence-corrected chi connectivity index (χ1v) is 7.86. The highest BCUT2D eigenvalue weighted by Crippen LogP contribution is 2.42. The molecule has 0 saturated carbocycles. The fraction of sp³-hybridized carbons (Fsp3) is 0.200. The molecule has 0 bridgehead atoms. The second-order valence-electron chi connectivity index (χ2n) is 6.50. The van der Waals surface area contributed by atoms with Gasteiger partial charge in [-0.25, -0.2) is 0 Å². The average molecular weight is 338 g/mol. The largest absolute Gasteiger partial charge is 0.507 e. The van der Waals surface area contributed by atoms with E-state index < -0.39 is 17.3 Å². The predicted molar refractivity (Wildman–Crippen MR) is 92.6 cm³/mol. The van der Waals surface area contributed by atoms with Gasteiger partial charge in [0.1, 0.15) is 17.2 Å². The number of aryl methyl sites for hydroxylation is 1. The molecule has 25 heavy (non-hydrogen) atoms. The summed E-state index contributed by atoms with van der Waals surface area (Å²) in [6, 6.07) is 4.13. The van der Waals surface area contributed by atoms with Crippen molar-refractivity contribution >= 4 is 11.6 Å². The third-order valence-corrected chi connectivity index (χ3v) is 4.30. The van der Waals surface area contributed by atoms with Gasteiger partial charge in [-0.3, -0.25) is 9.59 Å². The molecular formula is C20H18O5. The van der Waals surface area contributed by atoms with Crippen molar-refractivity contribution in [2.24, 2.45) is 0 Å². The molecule has 3 rings (SSSR count). The van der Waals surface area contributed by atoms with Crippen molar-refractivity contribution in [2.45, 2.75) is 27.2 Å². The summed E-state index contributed by atoms with van der Waals surface area (Å²) in [7, 11) is 0. The van der Waals surface area contributed by atoms with Gasteiger partial charge in [-0.2, -0.15) is 0 Å². The number of carbonyl (C=O) groups is 2. The maximum atomic E-state index is 12.8. The molecule has 5 nitrogen and oxygen atoms in total. The van der Waals surface area contributed by atoms with Gasteiger partial charge in [0.25, 0.3) is 0 Å². The van der Waals surface area contributed by atoms with Crippen LogP contribution in [0, 0.1) is 6.92 Å². The number of hydrogen-bond donors (Lipinski definition) is 3. The molecule has 0 fully saturated rings. The molecule has 0 saturated heterocycles. The standard InChI is InChI=1S/C20H18O5/c1-9(2)4-5-11-14(21)8-13-17(19(11)24)20(25)16-12(18(13)23)6-10(3)7-15(16)22/h4,6-8,21-22,24H,5H2,1-3H3. The molecular weight excluding hydrogens is 320 g/mol. The summed E-state index contributed by atoms with van der Waals surface area (Å²) in [4.78, 5) is 25.6. The van der Waals surface area contributed by atoms with Crippen molar-refractivity contribution in [3.05, 3.63) is 63.2 Å². The minimum Gasteiger partial charge on any atom is -0.507 e. The number of allylic oxidation sites excluding steroid dienone is 2. The van der Waals surface area contributed by atoms with Crippen LogP contribution in [0.1, 0.15) is 56.8 Å². The lowest BCUT2D eigenvalue weighted by Gasteiger charge is -2.21. The topological polar surface area (TPSA) is 94.8 Å². The van der Waals surface area contributed by atoms with E-state index >= 15 is 0 Å². The molecule has 3 N–H and O–H groups in total. The van der Waals surface area contributed by atoms with Crippen LogP contribution in [0.3, 0.4) is 0 Å². The summed E-state index contributed by atoms with van der Waals surface area (Å²) in [6.45, 7) is 5.44. The smallest absolute Gasteiger partial charge is 0.201 e. The summed E-state index contributed by atoms with van der Waals surface area (Å²) in [5, 5.41) is 30.9.